The van der Waals surface area contributed by atoms with E-state index in [1.807, 2.05) is 4.90 Å². The van der Waals surface area contributed by atoms with Gasteiger partial charge in [0.15, 0.2) is 0 Å². The van der Waals surface area contributed by atoms with Crippen LogP contribution in [0.3, 0.4) is 0 Å². The van der Waals surface area contributed by atoms with Crippen LogP contribution in [-0.4, -0.2) is 79.0 Å². The van der Waals surface area contributed by atoms with Crippen LogP contribution in [0.15, 0.2) is 0 Å². The van der Waals surface area contributed by atoms with E-state index in [0.29, 0.717) is 6.04 Å². The van der Waals surface area contributed by atoms with Gasteiger partial charge in [-0.05, 0) is 25.8 Å². The van der Waals surface area contributed by atoms with E-state index in [4.69, 9.17) is 5.73 Å². The van der Waals surface area contributed by atoms with E-state index in [2.05, 4.69) is 30.7 Å². The second-order valence-electron chi connectivity index (χ2n) is 7.18. The zero-order valence-corrected chi connectivity index (χ0v) is 14.6. The van der Waals surface area contributed by atoms with Crippen molar-refractivity contribution in [2.45, 2.75) is 51.6 Å². The van der Waals surface area contributed by atoms with Crippen LogP contribution in [0.1, 0.15) is 39.5 Å². The van der Waals surface area contributed by atoms with Crippen LogP contribution in [0.4, 0.5) is 0 Å². The fraction of sp³-hybridized carbons (Fsp3) is 0.941. The molecule has 2 heterocycles. The third-order valence-corrected chi connectivity index (χ3v) is 5.55. The Labute approximate surface area is 135 Å². The molecule has 0 saturated carbocycles. The van der Waals surface area contributed by atoms with Gasteiger partial charge in [-0.25, -0.2) is 0 Å². The minimum atomic E-state index is -0.337. The number of hydrogen-bond acceptors (Lipinski definition) is 4. The molecule has 2 aliphatic heterocycles. The predicted octanol–water partition coefficient (Wildman–Crippen LogP) is 0.988. The summed E-state index contributed by atoms with van der Waals surface area (Å²) in [6.07, 6.45) is 4.51. The molecule has 0 bridgehead atoms. The first kappa shape index (κ1) is 17.7. The van der Waals surface area contributed by atoms with Crippen molar-refractivity contribution in [1.82, 2.24) is 14.7 Å². The molecule has 0 radical (unpaired) electrons. The lowest BCUT2D eigenvalue weighted by Gasteiger charge is -2.39. The Balaban J connectivity index is 1.96. The minimum absolute atomic E-state index is 0.162. The molecule has 0 aliphatic carbocycles. The van der Waals surface area contributed by atoms with E-state index >= 15 is 0 Å². The molecular weight excluding hydrogens is 276 g/mol. The van der Waals surface area contributed by atoms with Crippen molar-refractivity contribution in [2.24, 2.45) is 11.7 Å². The number of carbonyl (C=O) groups excluding carboxylic acids is 1. The van der Waals surface area contributed by atoms with E-state index in [0.717, 1.165) is 52.1 Å². The predicted molar refractivity (Wildman–Crippen MR) is 90.7 cm³/mol. The standard InChI is InChI=1S/C17H34N4O/c1-4-14(2)16(18)17(22)21-8-6-5-7-15(13-21)20-11-9-19(3)10-12-20/h14-16H,4-13,18H2,1-3H3/t14-,15+,16-/m0/s1. The van der Waals surface area contributed by atoms with Crippen LogP contribution in [0, 0.1) is 5.92 Å². The third kappa shape index (κ3) is 4.43. The van der Waals surface area contributed by atoms with Crippen molar-refractivity contribution in [3.8, 4) is 0 Å². The number of likely N-dealkylation sites (tertiary alicyclic amines) is 1. The summed E-state index contributed by atoms with van der Waals surface area (Å²) in [6, 6.07) is 0.181. The van der Waals surface area contributed by atoms with Crippen LogP contribution in [-0.2, 0) is 4.79 Å². The topological polar surface area (TPSA) is 52.8 Å². The molecule has 2 fully saturated rings. The highest BCUT2D eigenvalue weighted by atomic mass is 16.2. The first-order valence-corrected chi connectivity index (χ1v) is 9.00. The quantitative estimate of drug-likeness (QED) is 0.841. The van der Waals surface area contributed by atoms with Gasteiger partial charge in [-0.3, -0.25) is 9.69 Å². The highest BCUT2D eigenvalue weighted by molar-refractivity contribution is 5.82. The minimum Gasteiger partial charge on any atom is -0.340 e. The van der Waals surface area contributed by atoms with Crippen LogP contribution >= 0.6 is 0 Å². The lowest BCUT2D eigenvalue weighted by molar-refractivity contribution is -0.134. The molecule has 1 amide bonds. The Kier molecular flexibility index (Phi) is 6.66. The molecule has 0 aromatic carbocycles. The van der Waals surface area contributed by atoms with Gasteiger partial charge >= 0.3 is 0 Å². The Morgan fingerprint density at radius 1 is 1.18 bits per heavy atom. The zero-order valence-electron chi connectivity index (χ0n) is 14.6. The van der Waals surface area contributed by atoms with Crippen molar-refractivity contribution in [3.63, 3.8) is 0 Å². The molecule has 2 rings (SSSR count). The fourth-order valence-electron chi connectivity index (χ4n) is 3.51. The van der Waals surface area contributed by atoms with Gasteiger partial charge in [-0.2, -0.15) is 0 Å². The van der Waals surface area contributed by atoms with Crippen LogP contribution in [0.5, 0.6) is 0 Å². The second-order valence-corrected chi connectivity index (χ2v) is 7.18. The first-order valence-electron chi connectivity index (χ1n) is 9.00. The molecule has 5 heteroatoms. The summed E-state index contributed by atoms with van der Waals surface area (Å²) >= 11 is 0. The third-order valence-electron chi connectivity index (χ3n) is 5.55. The van der Waals surface area contributed by atoms with Crippen molar-refractivity contribution in [1.29, 1.82) is 0 Å². The Bertz CT molecular complexity index is 355. The molecule has 5 nitrogen and oxygen atoms in total. The number of nitrogens with zero attached hydrogens (tertiary/aromatic N) is 3. The van der Waals surface area contributed by atoms with Crippen molar-refractivity contribution >= 4 is 5.91 Å². The number of piperazine rings is 1. The largest absolute Gasteiger partial charge is 0.340 e. The van der Waals surface area contributed by atoms with Gasteiger partial charge in [-0.1, -0.05) is 26.7 Å². The van der Waals surface area contributed by atoms with Crippen molar-refractivity contribution < 1.29 is 4.79 Å². The summed E-state index contributed by atoms with van der Waals surface area (Å²) in [7, 11) is 2.19. The van der Waals surface area contributed by atoms with Gasteiger partial charge in [0.05, 0.1) is 6.04 Å². The van der Waals surface area contributed by atoms with E-state index in [1.165, 1.54) is 12.8 Å². The van der Waals surface area contributed by atoms with Gasteiger partial charge < -0.3 is 15.5 Å². The number of rotatable bonds is 4. The summed E-state index contributed by atoms with van der Waals surface area (Å²) in [5, 5.41) is 0. The second kappa shape index (κ2) is 8.27. The average molecular weight is 310 g/mol. The SMILES string of the molecule is CC[C@H](C)[C@H](N)C(=O)N1CCCC[C@@H](N2CCN(C)CC2)C1. The summed E-state index contributed by atoms with van der Waals surface area (Å²) in [6.45, 7) is 10.5. The molecular formula is C17H34N4O. The molecule has 0 aromatic heterocycles. The van der Waals surface area contributed by atoms with Crippen LogP contribution in [0.2, 0.25) is 0 Å². The molecule has 2 N–H and O–H groups in total. The van der Waals surface area contributed by atoms with Crippen LogP contribution < -0.4 is 5.73 Å². The van der Waals surface area contributed by atoms with E-state index in [9.17, 15) is 4.79 Å². The number of hydrogen-bond donors (Lipinski definition) is 1. The first-order chi connectivity index (χ1) is 10.5. The Morgan fingerprint density at radius 3 is 2.50 bits per heavy atom. The van der Waals surface area contributed by atoms with Gasteiger partial charge in [0, 0.05) is 45.3 Å². The highest BCUT2D eigenvalue weighted by Gasteiger charge is 2.31. The molecule has 128 valence electrons. The molecule has 0 aromatic rings. The summed E-state index contributed by atoms with van der Waals surface area (Å²) in [4.78, 5) is 19.7. The summed E-state index contributed by atoms with van der Waals surface area (Å²) < 4.78 is 0. The summed E-state index contributed by atoms with van der Waals surface area (Å²) in [5.74, 6) is 0.424. The molecule has 22 heavy (non-hydrogen) atoms. The summed E-state index contributed by atoms with van der Waals surface area (Å²) in [5.41, 5.74) is 6.18. The molecule has 0 spiro atoms. The van der Waals surface area contributed by atoms with Gasteiger partial charge in [0.25, 0.3) is 0 Å². The Morgan fingerprint density at radius 2 is 1.86 bits per heavy atom. The number of carbonyl (C=O) groups is 1. The van der Waals surface area contributed by atoms with E-state index in [1.54, 1.807) is 0 Å². The zero-order chi connectivity index (χ0) is 16.1. The van der Waals surface area contributed by atoms with Gasteiger partial charge in [0.2, 0.25) is 5.91 Å². The van der Waals surface area contributed by atoms with E-state index in [-0.39, 0.29) is 17.9 Å². The van der Waals surface area contributed by atoms with Gasteiger partial charge in [0.1, 0.15) is 0 Å². The lowest BCUT2D eigenvalue weighted by atomic mass is 9.98. The average Bonchev–Trinajstić information content (AvgIpc) is 2.79. The molecule has 2 saturated heterocycles. The molecule has 0 unspecified atom stereocenters. The maximum Gasteiger partial charge on any atom is 0.239 e. The lowest BCUT2D eigenvalue weighted by Crippen LogP contribution is -2.54. The Hall–Kier alpha value is -0.650. The maximum absolute atomic E-state index is 12.7. The van der Waals surface area contributed by atoms with Crippen molar-refractivity contribution in [3.05, 3.63) is 0 Å². The van der Waals surface area contributed by atoms with E-state index < -0.39 is 0 Å². The molecule has 3 atom stereocenters. The highest BCUT2D eigenvalue weighted by Crippen LogP contribution is 2.19. The van der Waals surface area contributed by atoms with Crippen molar-refractivity contribution in [2.75, 3.05) is 46.3 Å². The monoisotopic (exact) mass is 310 g/mol. The normalized spacial score (nSPS) is 28.2. The number of likely N-dealkylation sites (N-methyl/N-ethyl adjacent to an activating group) is 1. The van der Waals surface area contributed by atoms with Crippen LogP contribution in [0.25, 0.3) is 0 Å². The number of amides is 1. The fourth-order valence-corrected chi connectivity index (χ4v) is 3.51. The maximum atomic E-state index is 12.7. The number of nitrogens with two attached hydrogens (primary N) is 1. The van der Waals surface area contributed by atoms with Gasteiger partial charge in [-0.15, -0.1) is 0 Å². The molecule has 2 aliphatic rings. The smallest absolute Gasteiger partial charge is 0.239 e.